The van der Waals surface area contributed by atoms with Crippen LogP contribution in [0.3, 0.4) is 0 Å². The lowest BCUT2D eigenvalue weighted by molar-refractivity contribution is 1.13. The van der Waals surface area contributed by atoms with Gasteiger partial charge in [0, 0.05) is 49.1 Å². The molecule has 0 N–H and O–H groups in total. The first-order valence-electron chi connectivity index (χ1n) is 18.3. The Morgan fingerprint density at radius 2 is 0.836 bits per heavy atom. The Bertz CT molecular complexity index is 3420. The Hall–Kier alpha value is -7.86. The van der Waals surface area contributed by atoms with Crippen LogP contribution >= 0.6 is 0 Å². The molecule has 11 rings (SSSR count). The Balaban J connectivity index is 1.17. The number of rotatable bonds is 4. The molecule has 254 valence electrons. The number of hydrogen-bond acceptors (Lipinski definition) is 2. The molecular weight excluding hydrogens is 671 g/mol. The van der Waals surface area contributed by atoms with Gasteiger partial charge in [-0.15, -0.1) is 0 Å². The Morgan fingerprint density at radius 1 is 0.345 bits per heavy atom. The first-order chi connectivity index (χ1) is 27.2. The molecule has 0 unspecified atom stereocenters. The van der Waals surface area contributed by atoms with Crippen LogP contribution in [0.5, 0.6) is 0 Å². The monoisotopic (exact) mass is 699 g/mol. The lowest BCUT2D eigenvalue weighted by Crippen LogP contribution is -2.02. The molecule has 5 nitrogen and oxygen atoms in total. The van der Waals surface area contributed by atoms with Gasteiger partial charge in [0.05, 0.1) is 67.7 Å². The van der Waals surface area contributed by atoms with E-state index in [1.165, 1.54) is 10.8 Å². The van der Waals surface area contributed by atoms with Crippen LogP contribution in [0.15, 0.2) is 176 Å². The first-order valence-corrected chi connectivity index (χ1v) is 18.3. The van der Waals surface area contributed by atoms with E-state index in [1.54, 1.807) is 0 Å². The number of nitriles is 2. The van der Waals surface area contributed by atoms with E-state index in [1.807, 2.05) is 42.5 Å². The molecular formula is C50H29N5. The van der Waals surface area contributed by atoms with Crippen LogP contribution in [0.2, 0.25) is 0 Å². The molecule has 8 aromatic carbocycles. The molecule has 0 saturated heterocycles. The second-order valence-electron chi connectivity index (χ2n) is 13.9. The normalized spacial score (nSPS) is 11.6. The number of aromatic nitrogens is 3. The van der Waals surface area contributed by atoms with Crippen LogP contribution in [0.25, 0.3) is 93.6 Å². The predicted octanol–water partition coefficient (Wildman–Crippen LogP) is 12.4. The molecule has 0 saturated carbocycles. The van der Waals surface area contributed by atoms with Gasteiger partial charge in [-0.2, -0.15) is 10.5 Å². The highest BCUT2D eigenvalue weighted by atomic mass is 15.1. The number of fused-ring (bicyclic) bond motifs is 9. The minimum Gasteiger partial charge on any atom is -0.309 e. The lowest BCUT2D eigenvalue weighted by atomic mass is 9.97. The zero-order valence-corrected chi connectivity index (χ0v) is 29.5. The van der Waals surface area contributed by atoms with Gasteiger partial charge in [0.1, 0.15) is 0 Å². The Labute approximate surface area is 316 Å². The standard InChI is InChI=1S/C50H29N5/c51-30-32-13-11-25-47-49(32)41-18-5-10-24-46(41)54(47)43-21-7-1-14-36(43)35-28-27-34(29-33(35)31-52)53-42-20-6-4-17-39(42)40-19-12-26-48(50(40)53)55-44-22-8-2-15-37(44)38-16-3-9-23-45(38)55/h1-29H. The lowest BCUT2D eigenvalue weighted by Gasteiger charge is -2.17. The predicted molar refractivity (Wildman–Crippen MR) is 224 cm³/mol. The van der Waals surface area contributed by atoms with Crippen molar-refractivity contribution in [2.75, 3.05) is 0 Å². The summed E-state index contributed by atoms with van der Waals surface area (Å²) >= 11 is 0. The molecule has 0 aliphatic heterocycles. The van der Waals surface area contributed by atoms with E-state index in [-0.39, 0.29) is 0 Å². The van der Waals surface area contributed by atoms with Crippen molar-refractivity contribution in [1.82, 2.24) is 13.7 Å². The van der Waals surface area contributed by atoms with E-state index in [9.17, 15) is 10.5 Å². The highest BCUT2D eigenvalue weighted by molar-refractivity contribution is 6.15. The number of benzene rings is 8. The van der Waals surface area contributed by atoms with Gasteiger partial charge in [0.25, 0.3) is 0 Å². The van der Waals surface area contributed by atoms with E-state index in [2.05, 4.69) is 159 Å². The summed E-state index contributed by atoms with van der Waals surface area (Å²) in [5.74, 6) is 0. The van der Waals surface area contributed by atoms with Crippen molar-refractivity contribution in [3.8, 4) is 40.3 Å². The van der Waals surface area contributed by atoms with Crippen LogP contribution in [0, 0.1) is 22.7 Å². The number of nitrogens with zero attached hydrogens (tertiary/aromatic N) is 5. The summed E-state index contributed by atoms with van der Waals surface area (Å²) in [5.41, 5.74) is 12.3. The molecule has 55 heavy (non-hydrogen) atoms. The quantitative estimate of drug-likeness (QED) is 0.184. The average molecular weight is 700 g/mol. The molecule has 0 bridgehead atoms. The minimum atomic E-state index is 0.573. The zero-order valence-electron chi connectivity index (χ0n) is 29.5. The van der Waals surface area contributed by atoms with Gasteiger partial charge in [-0.25, -0.2) is 0 Å². The maximum Gasteiger partial charge on any atom is 0.0998 e. The van der Waals surface area contributed by atoms with Gasteiger partial charge in [-0.05, 0) is 60.7 Å². The number of hydrogen-bond donors (Lipinski definition) is 0. The van der Waals surface area contributed by atoms with Gasteiger partial charge in [-0.3, -0.25) is 0 Å². The smallest absolute Gasteiger partial charge is 0.0998 e. The molecule has 3 aromatic heterocycles. The van der Waals surface area contributed by atoms with Crippen molar-refractivity contribution in [1.29, 1.82) is 10.5 Å². The topological polar surface area (TPSA) is 62.4 Å². The first kappa shape index (κ1) is 30.7. The largest absolute Gasteiger partial charge is 0.309 e. The summed E-state index contributed by atoms with van der Waals surface area (Å²) in [4.78, 5) is 0. The molecule has 11 aromatic rings. The second-order valence-corrected chi connectivity index (χ2v) is 13.9. The van der Waals surface area contributed by atoms with Crippen molar-refractivity contribution in [3.63, 3.8) is 0 Å². The SMILES string of the molecule is N#Cc1cc(-n2c3ccccc3c3cccc(-n4c5ccccc5c5ccccc54)c32)ccc1-c1ccccc1-n1c2ccccc2c2c(C#N)cccc21. The van der Waals surface area contributed by atoms with Gasteiger partial charge >= 0.3 is 0 Å². The van der Waals surface area contributed by atoms with Gasteiger partial charge in [0.2, 0.25) is 0 Å². The maximum absolute atomic E-state index is 10.9. The summed E-state index contributed by atoms with van der Waals surface area (Å²) in [5, 5.41) is 27.6. The fourth-order valence-electron chi connectivity index (χ4n) is 8.90. The van der Waals surface area contributed by atoms with Crippen molar-refractivity contribution in [3.05, 3.63) is 187 Å². The van der Waals surface area contributed by atoms with Crippen LogP contribution in [-0.2, 0) is 0 Å². The molecule has 0 radical (unpaired) electrons. The fourth-order valence-corrected chi connectivity index (χ4v) is 8.90. The molecule has 5 heteroatoms. The minimum absolute atomic E-state index is 0.573. The van der Waals surface area contributed by atoms with Crippen LogP contribution < -0.4 is 0 Å². The van der Waals surface area contributed by atoms with Gasteiger partial charge in [0.15, 0.2) is 0 Å². The summed E-state index contributed by atoms with van der Waals surface area (Å²) in [7, 11) is 0. The molecule has 0 fully saturated rings. The van der Waals surface area contributed by atoms with E-state index in [0.29, 0.717) is 11.1 Å². The van der Waals surface area contributed by atoms with E-state index >= 15 is 0 Å². The summed E-state index contributed by atoms with van der Waals surface area (Å²) in [6.07, 6.45) is 0. The van der Waals surface area contributed by atoms with Crippen molar-refractivity contribution in [2.24, 2.45) is 0 Å². The van der Waals surface area contributed by atoms with Crippen LogP contribution in [-0.4, -0.2) is 13.7 Å². The molecule has 0 atom stereocenters. The van der Waals surface area contributed by atoms with Crippen molar-refractivity contribution < 1.29 is 0 Å². The fraction of sp³-hybridized carbons (Fsp3) is 0. The Morgan fingerprint density at radius 3 is 1.53 bits per heavy atom. The second kappa shape index (κ2) is 11.8. The molecule has 0 aliphatic carbocycles. The summed E-state index contributed by atoms with van der Waals surface area (Å²) in [6.45, 7) is 0. The molecule has 0 spiro atoms. The van der Waals surface area contributed by atoms with Crippen molar-refractivity contribution >= 4 is 65.4 Å². The third-order valence-electron chi connectivity index (χ3n) is 11.1. The Kier molecular flexibility index (Phi) is 6.61. The van der Waals surface area contributed by atoms with E-state index in [0.717, 1.165) is 82.8 Å². The molecule has 3 heterocycles. The zero-order chi connectivity index (χ0) is 36.6. The van der Waals surface area contributed by atoms with Crippen LogP contribution in [0.1, 0.15) is 11.1 Å². The highest BCUT2D eigenvalue weighted by Crippen LogP contribution is 2.42. The molecule has 0 amide bonds. The maximum atomic E-state index is 10.9. The average Bonchev–Trinajstić information content (AvgIpc) is 3.89. The number of para-hydroxylation sites is 6. The van der Waals surface area contributed by atoms with E-state index in [4.69, 9.17) is 0 Å². The summed E-state index contributed by atoms with van der Waals surface area (Å²) < 4.78 is 6.92. The van der Waals surface area contributed by atoms with Crippen LogP contribution in [0.4, 0.5) is 0 Å². The van der Waals surface area contributed by atoms with E-state index < -0.39 is 0 Å². The third-order valence-corrected chi connectivity index (χ3v) is 11.1. The third kappa shape index (κ3) is 4.33. The highest BCUT2D eigenvalue weighted by Gasteiger charge is 2.22. The molecule has 0 aliphatic rings. The van der Waals surface area contributed by atoms with Gasteiger partial charge < -0.3 is 13.7 Å². The van der Waals surface area contributed by atoms with Gasteiger partial charge in [-0.1, -0.05) is 115 Å². The summed E-state index contributed by atoms with van der Waals surface area (Å²) in [6, 6.07) is 65.8. The van der Waals surface area contributed by atoms with Crippen molar-refractivity contribution in [2.45, 2.75) is 0 Å².